The second-order valence-corrected chi connectivity index (χ2v) is 6.41. The molecule has 1 aromatic heterocycles. The third kappa shape index (κ3) is 4.62. The number of carboxylic acids is 1. The predicted molar refractivity (Wildman–Crippen MR) is 98.3 cm³/mol. The van der Waals surface area contributed by atoms with Crippen molar-refractivity contribution in [3.8, 4) is 5.75 Å². The lowest BCUT2D eigenvalue weighted by Gasteiger charge is -2.29. The second kappa shape index (κ2) is 8.82. The summed E-state index contributed by atoms with van der Waals surface area (Å²) in [6.45, 7) is 5.26. The number of aliphatic carboxylic acids is 1. The summed E-state index contributed by atoms with van der Waals surface area (Å²) in [4.78, 5) is 14.0. The fraction of sp³-hybridized carbons (Fsp3) is 0.474. The number of nitrogens with zero attached hydrogens (tertiary/aromatic N) is 3. The molecule has 142 valence electrons. The summed E-state index contributed by atoms with van der Waals surface area (Å²) in [5, 5.41) is 14.1. The summed E-state index contributed by atoms with van der Waals surface area (Å²) >= 11 is 0. The minimum Gasteiger partial charge on any atom is -0.496 e. The third-order valence-electron chi connectivity index (χ3n) is 4.33. The summed E-state index contributed by atoms with van der Waals surface area (Å²) in [6, 6.07) is 2.98. The fourth-order valence-electron chi connectivity index (χ4n) is 3.27. The van der Waals surface area contributed by atoms with E-state index in [-0.39, 0.29) is 0 Å². The molecule has 0 aliphatic rings. The molecule has 7 heteroatoms. The lowest BCUT2D eigenvalue weighted by atomic mass is 9.98. The molecule has 1 atom stereocenters. The van der Waals surface area contributed by atoms with Crippen LogP contribution >= 0.6 is 0 Å². The van der Waals surface area contributed by atoms with Crippen LogP contribution in [0.2, 0.25) is 0 Å². The van der Waals surface area contributed by atoms with E-state index in [4.69, 9.17) is 9.47 Å². The molecule has 26 heavy (non-hydrogen) atoms. The van der Waals surface area contributed by atoms with Gasteiger partial charge in [0.15, 0.2) is 0 Å². The molecule has 0 saturated carbocycles. The van der Waals surface area contributed by atoms with Crippen LogP contribution < -0.4 is 4.74 Å². The summed E-state index contributed by atoms with van der Waals surface area (Å²) < 4.78 is 12.3. The average Bonchev–Trinajstić information content (AvgIpc) is 2.97. The SMILES string of the molecule is COCCN(Cc1cnn(C)c1)C(C(=O)O)c1cc(C)c(OC)c(C)c1. The van der Waals surface area contributed by atoms with Gasteiger partial charge in [0.1, 0.15) is 11.8 Å². The first-order valence-electron chi connectivity index (χ1n) is 8.45. The average molecular weight is 361 g/mol. The normalized spacial score (nSPS) is 12.4. The van der Waals surface area contributed by atoms with Gasteiger partial charge < -0.3 is 14.6 Å². The number of carboxylic acid groups (broad SMARTS) is 1. The largest absolute Gasteiger partial charge is 0.496 e. The summed E-state index contributed by atoms with van der Waals surface area (Å²) in [6.07, 6.45) is 3.65. The Morgan fingerprint density at radius 2 is 1.96 bits per heavy atom. The maximum atomic E-state index is 12.1. The molecule has 0 aliphatic heterocycles. The van der Waals surface area contributed by atoms with Crippen molar-refractivity contribution in [2.75, 3.05) is 27.4 Å². The van der Waals surface area contributed by atoms with Crippen LogP contribution in [0.25, 0.3) is 0 Å². The van der Waals surface area contributed by atoms with Crippen molar-refractivity contribution >= 4 is 5.97 Å². The van der Waals surface area contributed by atoms with Crippen molar-refractivity contribution < 1.29 is 19.4 Å². The molecule has 0 aliphatic carbocycles. The Labute approximate surface area is 154 Å². The quantitative estimate of drug-likeness (QED) is 0.739. The van der Waals surface area contributed by atoms with Gasteiger partial charge in [0.05, 0.1) is 19.9 Å². The van der Waals surface area contributed by atoms with Crippen molar-refractivity contribution in [3.05, 3.63) is 46.8 Å². The van der Waals surface area contributed by atoms with Gasteiger partial charge in [-0.2, -0.15) is 5.10 Å². The molecule has 0 fully saturated rings. The van der Waals surface area contributed by atoms with Gasteiger partial charge in [0.2, 0.25) is 0 Å². The highest BCUT2D eigenvalue weighted by Crippen LogP contribution is 2.30. The molecule has 1 unspecified atom stereocenters. The van der Waals surface area contributed by atoms with Crippen molar-refractivity contribution in [1.29, 1.82) is 0 Å². The number of hydrogen-bond acceptors (Lipinski definition) is 5. The zero-order valence-electron chi connectivity index (χ0n) is 16.0. The number of ether oxygens (including phenoxy) is 2. The number of aromatic nitrogens is 2. The van der Waals surface area contributed by atoms with Crippen LogP contribution in [0.4, 0.5) is 0 Å². The lowest BCUT2D eigenvalue weighted by Crippen LogP contribution is -2.36. The molecule has 0 radical (unpaired) electrons. The van der Waals surface area contributed by atoms with Crippen LogP contribution in [-0.2, 0) is 23.1 Å². The highest BCUT2D eigenvalue weighted by atomic mass is 16.5. The van der Waals surface area contributed by atoms with Crippen molar-refractivity contribution in [2.24, 2.45) is 7.05 Å². The molecule has 1 N–H and O–H groups in total. The molecule has 0 bridgehead atoms. The topological polar surface area (TPSA) is 76.8 Å². The minimum absolute atomic E-state index is 0.443. The van der Waals surface area contributed by atoms with Crippen molar-refractivity contribution in [2.45, 2.75) is 26.4 Å². The van der Waals surface area contributed by atoms with Gasteiger partial charge >= 0.3 is 5.97 Å². The van der Waals surface area contributed by atoms with E-state index in [9.17, 15) is 9.90 Å². The Morgan fingerprint density at radius 1 is 1.31 bits per heavy atom. The van der Waals surface area contributed by atoms with E-state index in [1.165, 1.54) is 0 Å². The monoisotopic (exact) mass is 361 g/mol. The summed E-state index contributed by atoms with van der Waals surface area (Å²) in [7, 11) is 5.07. The molecular formula is C19H27N3O4. The van der Waals surface area contributed by atoms with Crippen LogP contribution in [0.3, 0.4) is 0 Å². The van der Waals surface area contributed by atoms with Crippen LogP contribution in [-0.4, -0.2) is 53.1 Å². The predicted octanol–water partition coefficient (Wildman–Crippen LogP) is 2.32. The van der Waals surface area contributed by atoms with Gasteiger partial charge in [0, 0.05) is 39.0 Å². The minimum atomic E-state index is -0.894. The molecule has 2 aromatic rings. The van der Waals surface area contributed by atoms with E-state index in [1.54, 1.807) is 25.1 Å². The molecule has 2 rings (SSSR count). The van der Waals surface area contributed by atoms with Crippen LogP contribution in [0, 0.1) is 13.8 Å². The lowest BCUT2D eigenvalue weighted by molar-refractivity contribution is -0.144. The number of carbonyl (C=O) groups is 1. The molecule has 0 spiro atoms. The second-order valence-electron chi connectivity index (χ2n) is 6.41. The maximum Gasteiger partial charge on any atom is 0.325 e. The number of benzene rings is 1. The van der Waals surface area contributed by atoms with E-state index in [1.807, 2.05) is 44.1 Å². The van der Waals surface area contributed by atoms with Gasteiger partial charge in [0.25, 0.3) is 0 Å². The molecular weight excluding hydrogens is 334 g/mol. The van der Waals surface area contributed by atoms with E-state index in [0.29, 0.717) is 19.7 Å². The molecule has 0 saturated heterocycles. The zero-order valence-corrected chi connectivity index (χ0v) is 16.0. The third-order valence-corrected chi connectivity index (χ3v) is 4.33. The van der Waals surface area contributed by atoms with Gasteiger partial charge in [-0.05, 0) is 30.5 Å². The Bertz CT molecular complexity index is 734. The highest BCUT2D eigenvalue weighted by molar-refractivity contribution is 5.76. The first kappa shape index (κ1) is 19.9. The smallest absolute Gasteiger partial charge is 0.325 e. The molecule has 1 heterocycles. The van der Waals surface area contributed by atoms with Gasteiger partial charge in [-0.3, -0.25) is 14.4 Å². The number of methoxy groups -OCH3 is 2. The molecule has 1 aromatic carbocycles. The fourth-order valence-corrected chi connectivity index (χ4v) is 3.27. The van der Waals surface area contributed by atoms with Gasteiger partial charge in [-0.15, -0.1) is 0 Å². The number of hydrogen-bond donors (Lipinski definition) is 1. The van der Waals surface area contributed by atoms with Crippen LogP contribution in [0.1, 0.15) is 28.3 Å². The standard InChI is InChI=1S/C19H27N3O4/c1-13-8-16(9-14(2)18(13)26-5)17(19(23)24)22(6-7-25-4)12-15-10-20-21(3)11-15/h8-11,17H,6-7,12H2,1-5H3,(H,23,24). The van der Waals surface area contributed by atoms with Crippen LogP contribution in [0.5, 0.6) is 5.75 Å². The van der Waals surface area contributed by atoms with Gasteiger partial charge in [-0.1, -0.05) is 12.1 Å². The maximum absolute atomic E-state index is 12.1. The van der Waals surface area contributed by atoms with E-state index >= 15 is 0 Å². The van der Waals surface area contributed by atoms with Gasteiger partial charge in [-0.25, -0.2) is 0 Å². The Kier molecular flexibility index (Phi) is 6.76. The van der Waals surface area contributed by atoms with Crippen molar-refractivity contribution in [1.82, 2.24) is 14.7 Å². The zero-order chi connectivity index (χ0) is 19.3. The highest BCUT2D eigenvalue weighted by Gasteiger charge is 2.28. The van der Waals surface area contributed by atoms with E-state index in [0.717, 1.165) is 28.0 Å². The van der Waals surface area contributed by atoms with Crippen LogP contribution in [0.15, 0.2) is 24.5 Å². The van der Waals surface area contributed by atoms with E-state index in [2.05, 4.69) is 5.10 Å². The Balaban J connectivity index is 2.40. The molecule has 7 nitrogen and oxygen atoms in total. The summed E-state index contributed by atoms with van der Waals surface area (Å²) in [5.41, 5.74) is 3.52. The van der Waals surface area contributed by atoms with Crippen molar-refractivity contribution in [3.63, 3.8) is 0 Å². The first-order valence-corrected chi connectivity index (χ1v) is 8.45. The number of aryl methyl sites for hydroxylation is 3. The van der Waals surface area contributed by atoms with E-state index < -0.39 is 12.0 Å². The Hall–Kier alpha value is -2.38. The first-order chi connectivity index (χ1) is 12.4. The summed E-state index contributed by atoms with van der Waals surface area (Å²) in [5.74, 6) is -0.109. The molecule has 0 amide bonds. The number of rotatable bonds is 9. The Morgan fingerprint density at radius 3 is 2.42 bits per heavy atom.